The summed E-state index contributed by atoms with van der Waals surface area (Å²) < 4.78 is 23.4. The fourth-order valence-corrected chi connectivity index (χ4v) is 5.09. The third-order valence-corrected chi connectivity index (χ3v) is 7.05. The maximum Gasteiger partial charge on any atom is 0.288 e. The standard InChI is InChI=1S/C29H32FN7O/c1-6-35-13-15-36(16-14-35)22-9-7-21(8-10-22)34-28-27(31-5)29(33-18-32-28)38-25-12-11-24-23(26(25)30)17-20(4)37(24)19(2)3/h7-12,17-19H,6,13-16H2,1-4H3,(H,32,33,34). The molecule has 1 aliphatic rings. The van der Waals surface area contributed by atoms with Crippen LogP contribution in [0.2, 0.25) is 0 Å². The van der Waals surface area contributed by atoms with Crippen molar-refractivity contribution in [3.05, 3.63) is 71.7 Å². The maximum atomic E-state index is 15.4. The molecule has 8 nitrogen and oxygen atoms in total. The Balaban J connectivity index is 1.36. The topological polar surface area (TPSA) is 62.8 Å². The number of nitrogens with zero attached hydrogens (tertiary/aromatic N) is 6. The molecule has 0 spiro atoms. The number of likely N-dealkylation sites (N-methyl/N-ethyl adjacent to an activating group) is 1. The van der Waals surface area contributed by atoms with Crippen molar-refractivity contribution in [2.45, 2.75) is 33.7 Å². The van der Waals surface area contributed by atoms with E-state index in [1.54, 1.807) is 6.07 Å². The van der Waals surface area contributed by atoms with E-state index in [1.165, 1.54) is 6.33 Å². The first kappa shape index (κ1) is 25.5. The first-order valence-electron chi connectivity index (χ1n) is 12.9. The number of ether oxygens (including phenoxy) is 1. The molecule has 9 heteroatoms. The van der Waals surface area contributed by atoms with Crippen LogP contribution >= 0.6 is 0 Å². The predicted octanol–water partition coefficient (Wildman–Crippen LogP) is 6.69. The molecule has 0 atom stereocenters. The fourth-order valence-electron chi connectivity index (χ4n) is 5.09. The van der Waals surface area contributed by atoms with E-state index in [4.69, 9.17) is 11.3 Å². The number of rotatable bonds is 7. The van der Waals surface area contributed by atoms with Crippen molar-refractivity contribution >= 4 is 33.8 Å². The van der Waals surface area contributed by atoms with E-state index in [1.807, 2.05) is 31.2 Å². The number of hydrogen-bond donors (Lipinski definition) is 1. The van der Waals surface area contributed by atoms with Crippen LogP contribution in [0.5, 0.6) is 11.6 Å². The highest BCUT2D eigenvalue weighted by atomic mass is 19.1. The highest BCUT2D eigenvalue weighted by Crippen LogP contribution is 2.39. The molecule has 196 valence electrons. The zero-order valence-corrected chi connectivity index (χ0v) is 22.2. The van der Waals surface area contributed by atoms with Gasteiger partial charge in [0.15, 0.2) is 11.6 Å². The number of halogens is 1. The summed E-state index contributed by atoms with van der Waals surface area (Å²) in [6.07, 6.45) is 1.31. The zero-order chi connectivity index (χ0) is 26.8. The quantitative estimate of drug-likeness (QED) is 0.278. The number of aryl methyl sites for hydroxylation is 1. The Labute approximate surface area is 222 Å². The SMILES string of the molecule is [C-]#[N+]c1c(Nc2ccc(N3CCN(CC)CC3)cc2)ncnc1Oc1ccc2c(cc(C)n2C(C)C)c1F. The minimum atomic E-state index is -0.482. The van der Waals surface area contributed by atoms with Gasteiger partial charge in [0.2, 0.25) is 5.88 Å². The molecule has 1 fully saturated rings. The van der Waals surface area contributed by atoms with E-state index in [0.29, 0.717) is 11.2 Å². The number of fused-ring (bicyclic) bond motifs is 1. The highest BCUT2D eigenvalue weighted by molar-refractivity contribution is 5.84. The van der Waals surface area contributed by atoms with Crippen molar-refractivity contribution in [1.82, 2.24) is 19.4 Å². The van der Waals surface area contributed by atoms with Crippen LogP contribution in [-0.2, 0) is 0 Å². The van der Waals surface area contributed by atoms with Crippen molar-refractivity contribution < 1.29 is 9.13 Å². The van der Waals surface area contributed by atoms with E-state index in [0.717, 1.165) is 55.3 Å². The highest BCUT2D eigenvalue weighted by Gasteiger charge is 2.20. The van der Waals surface area contributed by atoms with E-state index in [9.17, 15) is 0 Å². The third kappa shape index (κ3) is 4.87. The van der Waals surface area contributed by atoms with Gasteiger partial charge in [0.1, 0.15) is 12.1 Å². The van der Waals surface area contributed by atoms with Gasteiger partial charge >= 0.3 is 0 Å². The summed E-state index contributed by atoms with van der Waals surface area (Å²) >= 11 is 0. The lowest BCUT2D eigenvalue weighted by atomic mass is 10.2. The Morgan fingerprint density at radius 3 is 2.47 bits per heavy atom. The maximum absolute atomic E-state index is 15.4. The molecule has 1 saturated heterocycles. The van der Waals surface area contributed by atoms with Crippen LogP contribution in [0.25, 0.3) is 15.7 Å². The molecule has 1 aliphatic heterocycles. The molecule has 4 aromatic rings. The molecular formula is C29H32FN7O. The summed E-state index contributed by atoms with van der Waals surface area (Å²) in [5, 5.41) is 3.67. The van der Waals surface area contributed by atoms with Gasteiger partial charge in [0, 0.05) is 54.7 Å². The zero-order valence-electron chi connectivity index (χ0n) is 22.2. The Hall–Kier alpha value is -4.16. The van der Waals surface area contributed by atoms with Crippen LogP contribution in [0, 0.1) is 19.3 Å². The van der Waals surface area contributed by atoms with Crippen molar-refractivity contribution in [2.75, 3.05) is 42.9 Å². The summed E-state index contributed by atoms with van der Waals surface area (Å²) in [7, 11) is 0. The summed E-state index contributed by atoms with van der Waals surface area (Å²) in [6, 6.07) is 13.5. The van der Waals surface area contributed by atoms with Gasteiger partial charge in [0.05, 0.1) is 12.1 Å². The minimum Gasteiger partial charge on any atom is -0.446 e. The Bertz CT molecular complexity index is 1480. The predicted molar refractivity (Wildman–Crippen MR) is 149 cm³/mol. The van der Waals surface area contributed by atoms with Crippen molar-refractivity contribution in [1.29, 1.82) is 0 Å². The lowest BCUT2D eigenvalue weighted by Crippen LogP contribution is -2.46. The van der Waals surface area contributed by atoms with Gasteiger partial charge in [-0.15, -0.1) is 0 Å². The minimum absolute atomic E-state index is 0.00109. The number of aromatic nitrogens is 3. The molecule has 0 radical (unpaired) electrons. The second kappa shape index (κ2) is 10.7. The summed E-state index contributed by atoms with van der Waals surface area (Å²) in [4.78, 5) is 16.8. The third-order valence-electron chi connectivity index (χ3n) is 7.05. The lowest BCUT2D eigenvalue weighted by Gasteiger charge is -2.35. The van der Waals surface area contributed by atoms with Gasteiger partial charge in [0.25, 0.3) is 5.69 Å². The Kier molecular flexibility index (Phi) is 7.16. The summed E-state index contributed by atoms with van der Waals surface area (Å²) in [6.45, 7) is 21.2. The molecule has 3 heterocycles. The Morgan fingerprint density at radius 1 is 1.08 bits per heavy atom. The van der Waals surface area contributed by atoms with Crippen LogP contribution in [0.4, 0.5) is 27.3 Å². The number of anilines is 3. The molecule has 0 saturated carbocycles. The number of benzene rings is 2. The molecule has 38 heavy (non-hydrogen) atoms. The normalized spacial score (nSPS) is 14.2. The van der Waals surface area contributed by atoms with Gasteiger partial charge in [-0.3, -0.25) is 0 Å². The van der Waals surface area contributed by atoms with Crippen molar-refractivity contribution in [3.63, 3.8) is 0 Å². The smallest absolute Gasteiger partial charge is 0.288 e. The van der Waals surface area contributed by atoms with Crippen LogP contribution in [0.3, 0.4) is 0 Å². The summed E-state index contributed by atoms with van der Waals surface area (Å²) in [5.41, 5.74) is 3.80. The monoisotopic (exact) mass is 513 g/mol. The molecule has 1 N–H and O–H groups in total. The van der Waals surface area contributed by atoms with Crippen molar-refractivity contribution in [3.8, 4) is 11.6 Å². The average Bonchev–Trinajstić information content (AvgIpc) is 3.28. The molecule has 2 aromatic heterocycles. The van der Waals surface area contributed by atoms with Gasteiger partial charge < -0.3 is 24.4 Å². The molecule has 5 rings (SSSR count). The van der Waals surface area contributed by atoms with E-state index in [-0.39, 0.29) is 23.4 Å². The van der Waals surface area contributed by atoms with Gasteiger partial charge in [-0.25, -0.2) is 19.2 Å². The van der Waals surface area contributed by atoms with Crippen LogP contribution in [0.15, 0.2) is 48.8 Å². The average molecular weight is 514 g/mol. The van der Waals surface area contributed by atoms with Gasteiger partial charge in [-0.05, 0) is 69.8 Å². The van der Waals surface area contributed by atoms with Crippen molar-refractivity contribution in [2.24, 2.45) is 0 Å². The molecule has 0 bridgehead atoms. The van der Waals surface area contributed by atoms with Crippen LogP contribution < -0.4 is 15.0 Å². The second-order valence-electron chi connectivity index (χ2n) is 9.74. The van der Waals surface area contributed by atoms with Gasteiger partial charge in [-0.1, -0.05) is 6.92 Å². The molecule has 0 aliphatic carbocycles. The molecule has 0 amide bonds. The van der Waals surface area contributed by atoms with Crippen LogP contribution in [-0.4, -0.2) is 52.2 Å². The summed E-state index contributed by atoms with van der Waals surface area (Å²) in [5.74, 6) is -0.163. The number of hydrogen-bond acceptors (Lipinski definition) is 6. The van der Waals surface area contributed by atoms with Gasteiger partial charge in [-0.2, -0.15) is 0 Å². The first-order valence-corrected chi connectivity index (χ1v) is 12.9. The van der Waals surface area contributed by atoms with E-state index < -0.39 is 5.82 Å². The van der Waals surface area contributed by atoms with E-state index in [2.05, 4.69) is 67.4 Å². The Morgan fingerprint density at radius 2 is 1.82 bits per heavy atom. The van der Waals surface area contributed by atoms with E-state index >= 15 is 4.39 Å². The molecule has 0 unspecified atom stereocenters. The number of piperazine rings is 1. The second-order valence-corrected chi connectivity index (χ2v) is 9.74. The number of nitrogens with one attached hydrogen (secondary N) is 1. The molecular weight excluding hydrogens is 481 g/mol. The fraction of sp³-hybridized carbons (Fsp3) is 0.345. The largest absolute Gasteiger partial charge is 0.446 e. The first-order chi connectivity index (χ1) is 18.4. The lowest BCUT2D eigenvalue weighted by molar-refractivity contribution is 0.271. The molecule has 2 aromatic carbocycles. The van der Waals surface area contributed by atoms with Crippen LogP contribution in [0.1, 0.15) is 32.5 Å².